The molecular weight excluding hydrogens is 563 g/mol. The van der Waals surface area contributed by atoms with Crippen LogP contribution in [0.5, 0.6) is 0 Å². The molecule has 1 aromatic carbocycles. The van der Waals surface area contributed by atoms with Crippen LogP contribution in [0.2, 0.25) is 0 Å². The van der Waals surface area contributed by atoms with E-state index < -0.39 is 23.2 Å². The van der Waals surface area contributed by atoms with Gasteiger partial charge in [-0.3, -0.25) is 24.3 Å². The van der Waals surface area contributed by atoms with Crippen molar-refractivity contribution < 1.29 is 32.7 Å². The van der Waals surface area contributed by atoms with Crippen LogP contribution in [0.25, 0.3) is 0 Å². The van der Waals surface area contributed by atoms with Crippen molar-refractivity contribution in [2.75, 3.05) is 31.1 Å². The van der Waals surface area contributed by atoms with E-state index in [4.69, 9.17) is 0 Å². The van der Waals surface area contributed by atoms with Crippen LogP contribution < -0.4 is 10.2 Å². The van der Waals surface area contributed by atoms with Crippen molar-refractivity contribution in [2.24, 2.45) is 0 Å². The highest BCUT2D eigenvalue weighted by Crippen LogP contribution is 2.42. The number of rotatable bonds is 6. The fourth-order valence-electron chi connectivity index (χ4n) is 7.39. The van der Waals surface area contributed by atoms with E-state index in [0.29, 0.717) is 38.0 Å². The number of likely N-dealkylation sites (tertiary alicyclic amines) is 2. The van der Waals surface area contributed by atoms with Gasteiger partial charge in [0.15, 0.2) is 0 Å². The Bertz CT molecular complexity index is 1380. The number of aromatic nitrogens is 1. The summed E-state index contributed by atoms with van der Waals surface area (Å²) in [5, 5.41) is 13.9. The number of nitrogens with one attached hydrogen (secondary N) is 1. The summed E-state index contributed by atoms with van der Waals surface area (Å²) in [7, 11) is 0. The summed E-state index contributed by atoms with van der Waals surface area (Å²) >= 11 is 0. The topological polar surface area (TPSA) is 106 Å². The van der Waals surface area contributed by atoms with Crippen molar-refractivity contribution in [3.05, 3.63) is 59.4 Å². The van der Waals surface area contributed by atoms with E-state index in [1.165, 1.54) is 12.1 Å². The standard InChI is InChI=1S/C31H36F3N5O4/c32-31(33,34)21-4-1-3-20(17-21)29(42)36-19-28(41)39-16-11-24-25(39)10-15-37(24)22-8-12-30(43,13-9-22)26-7-6-23(18-35-26)38-14-2-5-27(38)40/h1,3-4,6-7,17-18,22,24-25,43H,2,5,8-16,19H2,(H,36,42)/t22?,24-,25-,30?/m0/s1. The van der Waals surface area contributed by atoms with Crippen molar-refractivity contribution >= 4 is 23.4 Å². The van der Waals surface area contributed by atoms with Crippen LogP contribution in [0, 0.1) is 0 Å². The molecule has 4 fully saturated rings. The first kappa shape index (κ1) is 29.6. The third-order valence-electron chi connectivity index (χ3n) is 9.65. The van der Waals surface area contributed by atoms with Crippen LogP contribution in [0.4, 0.5) is 18.9 Å². The van der Waals surface area contributed by atoms with E-state index in [9.17, 15) is 32.7 Å². The summed E-state index contributed by atoms with van der Waals surface area (Å²) in [5.74, 6) is -0.853. The number of anilines is 1. The molecule has 43 heavy (non-hydrogen) atoms. The fraction of sp³-hybridized carbons (Fsp3) is 0.548. The predicted octanol–water partition coefficient (Wildman–Crippen LogP) is 3.46. The van der Waals surface area contributed by atoms with Crippen molar-refractivity contribution in [1.29, 1.82) is 0 Å². The number of halogens is 3. The predicted molar refractivity (Wildman–Crippen MR) is 151 cm³/mol. The maximum absolute atomic E-state index is 13.1. The molecule has 2 aromatic rings. The third kappa shape index (κ3) is 5.86. The zero-order valence-electron chi connectivity index (χ0n) is 23.9. The van der Waals surface area contributed by atoms with Gasteiger partial charge in [0.05, 0.1) is 29.7 Å². The van der Waals surface area contributed by atoms with E-state index in [1.54, 1.807) is 16.0 Å². The molecule has 4 aliphatic rings. The molecule has 3 amide bonds. The molecule has 12 heteroatoms. The maximum atomic E-state index is 13.1. The Morgan fingerprint density at radius 3 is 2.47 bits per heavy atom. The van der Waals surface area contributed by atoms with Crippen molar-refractivity contribution in [3.63, 3.8) is 0 Å². The molecule has 0 radical (unpaired) electrons. The number of aliphatic hydroxyl groups is 1. The molecule has 0 unspecified atom stereocenters. The van der Waals surface area contributed by atoms with Crippen LogP contribution >= 0.6 is 0 Å². The molecule has 0 bridgehead atoms. The summed E-state index contributed by atoms with van der Waals surface area (Å²) in [6.45, 7) is 1.83. The first-order valence-electron chi connectivity index (χ1n) is 15.0. The van der Waals surface area contributed by atoms with Gasteiger partial charge in [-0.1, -0.05) is 6.07 Å². The SMILES string of the molecule is O=C(NCC(=O)N1CC[C@H]2[C@@H]1CCN2C1CCC(O)(c2ccc(N3CCCC3=O)cn2)CC1)c1cccc(C(F)(F)F)c1. The molecule has 1 saturated carbocycles. The molecule has 6 rings (SSSR count). The van der Waals surface area contributed by atoms with Gasteiger partial charge >= 0.3 is 6.18 Å². The summed E-state index contributed by atoms with van der Waals surface area (Å²) in [6.07, 6.45) is 2.90. The van der Waals surface area contributed by atoms with Gasteiger partial charge in [-0.05, 0) is 75.3 Å². The number of amides is 3. The lowest BCUT2D eigenvalue weighted by Gasteiger charge is -2.41. The molecular formula is C31H36F3N5O4. The Labute approximate surface area is 248 Å². The molecule has 1 aromatic heterocycles. The highest BCUT2D eigenvalue weighted by molar-refractivity contribution is 5.97. The number of carbonyl (C=O) groups is 3. The van der Waals surface area contributed by atoms with Gasteiger partial charge in [0.25, 0.3) is 5.91 Å². The normalized spacial score (nSPS) is 27.9. The Morgan fingerprint density at radius 2 is 1.79 bits per heavy atom. The largest absolute Gasteiger partial charge is 0.416 e. The third-order valence-corrected chi connectivity index (χ3v) is 9.65. The van der Waals surface area contributed by atoms with Gasteiger partial charge in [-0.15, -0.1) is 0 Å². The number of alkyl halides is 3. The molecule has 2 atom stereocenters. The van der Waals surface area contributed by atoms with E-state index in [0.717, 1.165) is 56.5 Å². The smallest absolute Gasteiger partial charge is 0.384 e. The highest BCUT2D eigenvalue weighted by Gasteiger charge is 2.48. The minimum atomic E-state index is -4.56. The van der Waals surface area contributed by atoms with Gasteiger partial charge in [-0.2, -0.15) is 13.2 Å². The minimum Gasteiger partial charge on any atom is -0.384 e. The second-order valence-electron chi connectivity index (χ2n) is 12.1. The maximum Gasteiger partial charge on any atom is 0.416 e. The monoisotopic (exact) mass is 599 g/mol. The number of fused-ring (bicyclic) bond motifs is 1. The van der Waals surface area contributed by atoms with E-state index in [1.807, 2.05) is 12.1 Å². The Morgan fingerprint density at radius 1 is 1.02 bits per heavy atom. The second-order valence-corrected chi connectivity index (χ2v) is 12.1. The Hall–Kier alpha value is -3.51. The first-order chi connectivity index (χ1) is 20.5. The molecule has 230 valence electrons. The number of hydrogen-bond donors (Lipinski definition) is 2. The summed E-state index contributed by atoms with van der Waals surface area (Å²) in [6, 6.07) is 8.37. The zero-order chi connectivity index (χ0) is 30.4. The molecule has 3 aliphatic heterocycles. The summed E-state index contributed by atoms with van der Waals surface area (Å²) in [4.78, 5) is 48.1. The Balaban J connectivity index is 1.01. The van der Waals surface area contributed by atoms with Gasteiger partial charge in [0.2, 0.25) is 11.8 Å². The molecule has 4 heterocycles. The number of benzene rings is 1. The van der Waals surface area contributed by atoms with E-state index in [-0.39, 0.29) is 42.0 Å². The number of hydrogen-bond acceptors (Lipinski definition) is 6. The minimum absolute atomic E-state index is 0.0290. The van der Waals surface area contributed by atoms with Crippen LogP contribution in [0.1, 0.15) is 73.0 Å². The lowest BCUT2D eigenvalue weighted by molar-refractivity contribution is -0.137. The number of carbonyl (C=O) groups excluding carboxylic acids is 3. The lowest BCUT2D eigenvalue weighted by atomic mass is 9.79. The van der Waals surface area contributed by atoms with Crippen molar-refractivity contribution in [3.8, 4) is 0 Å². The second kappa shape index (κ2) is 11.5. The lowest BCUT2D eigenvalue weighted by Crippen LogP contribution is -2.47. The van der Waals surface area contributed by atoms with Crippen LogP contribution in [-0.4, -0.2) is 81.9 Å². The van der Waals surface area contributed by atoms with Crippen molar-refractivity contribution in [2.45, 2.75) is 81.3 Å². The van der Waals surface area contributed by atoms with Crippen molar-refractivity contribution in [1.82, 2.24) is 20.1 Å². The van der Waals surface area contributed by atoms with Gasteiger partial charge in [-0.25, -0.2) is 0 Å². The van der Waals surface area contributed by atoms with Gasteiger partial charge in [0.1, 0.15) is 5.60 Å². The average molecular weight is 600 g/mol. The molecule has 2 N–H and O–H groups in total. The van der Waals surface area contributed by atoms with Crippen LogP contribution in [0.3, 0.4) is 0 Å². The van der Waals surface area contributed by atoms with Gasteiger partial charge in [0, 0.05) is 49.7 Å². The van der Waals surface area contributed by atoms with Crippen LogP contribution in [-0.2, 0) is 21.4 Å². The quantitative estimate of drug-likeness (QED) is 0.527. The van der Waals surface area contributed by atoms with Crippen LogP contribution in [0.15, 0.2) is 42.6 Å². The number of pyridine rings is 1. The van der Waals surface area contributed by atoms with E-state index in [2.05, 4.69) is 15.2 Å². The van der Waals surface area contributed by atoms with Gasteiger partial charge < -0.3 is 20.2 Å². The van der Waals surface area contributed by atoms with E-state index >= 15 is 0 Å². The fourth-order valence-corrected chi connectivity index (χ4v) is 7.39. The summed E-state index contributed by atoms with van der Waals surface area (Å²) in [5.41, 5.74) is -0.671. The molecule has 9 nitrogen and oxygen atoms in total. The molecule has 1 aliphatic carbocycles. The molecule has 3 saturated heterocycles. The molecule has 0 spiro atoms. The average Bonchev–Trinajstić information content (AvgIpc) is 3.73. The Kier molecular flexibility index (Phi) is 7.93. The zero-order valence-corrected chi connectivity index (χ0v) is 23.9. The first-order valence-corrected chi connectivity index (χ1v) is 15.0. The highest BCUT2D eigenvalue weighted by atomic mass is 19.4. The summed E-state index contributed by atoms with van der Waals surface area (Å²) < 4.78 is 39.0. The number of nitrogens with zero attached hydrogens (tertiary/aromatic N) is 4.